The second-order valence-corrected chi connectivity index (χ2v) is 5.77. The van der Waals surface area contributed by atoms with Crippen molar-refractivity contribution in [3.05, 3.63) is 23.8 Å². The standard InChI is InChI=1S/C15H21N5O2S/c1-9-7-11(21-3)5-6-12(9)22-8-10(2)17-14-18-13(16)19-15(20-14)23-4/h5-7,10H,8H2,1-4H3,(H3,16,17,18,19,20). The van der Waals surface area contributed by atoms with E-state index < -0.39 is 0 Å². The van der Waals surface area contributed by atoms with Gasteiger partial charge in [0.05, 0.1) is 13.2 Å². The van der Waals surface area contributed by atoms with E-state index in [9.17, 15) is 0 Å². The largest absolute Gasteiger partial charge is 0.497 e. The van der Waals surface area contributed by atoms with Crippen LogP contribution in [0.2, 0.25) is 0 Å². The van der Waals surface area contributed by atoms with Crippen molar-refractivity contribution < 1.29 is 9.47 Å². The van der Waals surface area contributed by atoms with Gasteiger partial charge in [0.15, 0.2) is 5.16 Å². The van der Waals surface area contributed by atoms with Gasteiger partial charge >= 0.3 is 0 Å². The number of hydrogen-bond acceptors (Lipinski definition) is 8. The number of methoxy groups -OCH3 is 1. The maximum absolute atomic E-state index is 5.83. The molecule has 0 aliphatic rings. The molecule has 124 valence electrons. The maximum atomic E-state index is 5.83. The van der Waals surface area contributed by atoms with Crippen molar-refractivity contribution in [3.63, 3.8) is 0 Å². The van der Waals surface area contributed by atoms with Crippen LogP contribution in [0.15, 0.2) is 23.4 Å². The quantitative estimate of drug-likeness (QED) is 0.745. The first kappa shape index (κ1) is 17.1. The van der Waals surface area contributed by atoms with E-state index in [1.807, 2.05) is 38.3 Å². The molecule has 0 radical (unpaired) electrons. The third-order valence-electron chi connectivity index (χ3n) is 3.06. The molecule has 1 unspecified atom stereocenters. The molecule has 8 heteroatoms. The van der Waals surface area contributed by atoms with E-state index in [4.69, 9.17) is 15.2 Å². The Bertz CT molecular complexity index is 668. The van der Waals surface area contributed by atoms with Crippen molar-refractivity contribution >= 4 is 23.7 Å². The van der Waals surface area contributed by atoms with E-state index in [0.29, 0.717) is 17.7 Å². The lowest BCUT2D eigenvalue weighted by Crippen LogP contribution is -2.25. The third-order valence-corrected chi connectivity index (χ3v) is 3.61. The van der Waals surface area contributed by atoms with Crippen molar-refractivity contribution in [1.82, 2.24) is 15.0 Å². The molecule has 1 aromatic heterocycles. The van der Waals surface area contributed by atoms with Crippen LogP contribution in [-0.2, 0) is 0 Å². The third kappa shape index (κ3) is 4.88. The number of aromatic nitrogens is 3. The Labute approximate surface area is 140 Å². The number of thioether (sulfide) groups is 1. The normalized spacial score (nSPS) is 11.8. The molecule has 0 saturated carbocycles. The monoisotopic (exact) mass is 335 g/mol. The van der Waals surface area contributed by atoms with E-state index in [0.717, 1.165) is 17.1 Å². The van der Waals surface area contributed by atoms with Gasteiger partial charge in [-0.25, -0.2) is 0 Å². The Kier molecular flexibility index (Phi) is 5.86. The number of nitrogens with two attached hydrogens (primary N) is 1. The minimum Gasteiger partial charge on any atom is -0.497 e. The van der Waals surface area contributed by atoms with Gasteiger partial charge in [0.1, 0.15) is 18.1 Å². The molecular weight excluding hydrogens is 314 g/mol. The summed E-state index contributed by atoms with van der Waals surface area (Å²) in [6.07, 6.45) is 1.89. The summed E-state index contributed by atoms with van der Waals surface area (Å²) in [5, 5.41) is 3.75. The number of nitrogens with zero attached hydrogens (tertiary/aromatic N) is 3. The number of nitrogens with one attached hydrogen (secondary N) is 1. The molecule has 2 rings (SSSR count). The molecule has 0 bridgehead atoms. The van der Waals surface area contributed by atoms with E-state index in [2.05, 4.69) is 20.3 Å². The minimum absolute atomic E-state index is 0.00741. The van der Waals surface area contributed by atoms with E-state index in [1.165, 1.54) is 11.8 Å². The van der Waals surface area contributed by atoms with Crippen LogP contribution < -0.4 is 20.5 Å². The number of nitrogen functional groups attached to an aromatic ring is 1. The molecule has 2 aromatic rings. The molecule has 23 heavy (non-hydrogen) atoms. The molecule has 0 saturated heterocycles. The summed E-state index contributed by atoms with van der Waals surface area (Å²) < 4.78 is 11.0. The lowest BCUT2D eigenvalue weighted by atomic mass is 10.2. The van der Waals surface area contributed by atoms with Gasteiger partial charge in [-0.05, 0) is 43.9 Å². The highest BCUT2D eigenvalue weighted by molar-refractivity contribution is 7.98. The maximum Gasteiger partial charge on any atom is 0.228 e. The first-order valence-electron chi connectivity index (χ1n) is 7.11. The fourth-order valence-corrected chi connectivity index (χ4v) is 2.28. The number of aryl methyl sites for hydroxylation is 1. The Morgan fingerprint density at radius 3 is 2.74 bits per heavy atom. The fourth-order valence-electron chi connectivity index (χ4n) is 1.92. The molecule has 0 spiro atoms. The van der Waals surface area contributed by atoms with E-state index in [1.54, 1.807) is 7.11 Å². The van der Waals surface area contributed by atoms with Gasteiger partial charge in [-0.15, -0.1) is 0 Å². The summed E-state index contributed by atoms with van der Waals surface area (Å²) in [7, 11) is 1.64. The predicted octanol–water partition coefficient (Wildman–Crippen LogP) is 2.37. The smallest absolute Gasteiger partial charge is 0.228 e. The fraction of sp³-hybridized carbons (Fsp3) is 0.400. The van der Waals surface area contributed by atoms with Crippen LogP contribution in [0.1, 0.15) is 12.5 Å². The predicted molar refractivity (Wildman–Crippen MR) is 92.3 cm³/mol. The summed E-state index contributed by atoms with van der Waals surface area (Å²) in [5.41, 5.74) is 6.68. The van der Waals surface area contributed by atoms with Crippen LogP contribution >= 0.6 is 11.8 Å². The van der Waals surface area contributed by atoms with Crippen molar-refractivity contribution in [3.8, 4) is 11.5 Å². The lowest BCUT2D eigenvalue weighted by Gasteiger charge is -2.16. The Balaban J connectivity index is 1.95. The van der Waals surface area contributed by atoms with Gasteiger partial charge in [0.2, 0.25) is 11.9 Å². The van der Waals surface area contributed by atoms with Crippen LogP contribution in [0.25, 0.3) is 0 Å². The molecule has 1 heterocycles. The molecule has 1 atom stereocenters. The minimum atomic E-state index is 0.00741. The zero-order valence-corrected chi connectivity index (χ0v) is 14.5. The number of rotatable bonds is 7. The van der Waals surface area contributed by atoms with Crippen LogP contribution in [0.4, 0.5) is 11.9 Å². The molecule has 0 aliphatic heterocycles. The molecule has 0 amide bonds. The molecular formula is C15H21N5O2S. The van der Waals surface area contributed by atoms with E-state index in [-0.39, 0.29) is 12.0 Å². The Morgan fingerprint density at radius 1 is 1.30 bits per heavy atom. The molecule has 0 aliphatic carbocycles. The van der Waals surface area contributed by atoms with Crippen molar-refractivity contribution in [1.29, 1.82) is 0 Å². The highest BCUT2D eigenvalue weighted by atomic mass is 32.2. The molecule has 0 fully saturated rings. The van der Waals surface area contributed by atoms with Gasteiger partial charge in [-0.1, -0.05) is 11.8 Å². The summed E-state index contributed by atoms with van der Waals surface area (Å²) in [5.74, 6) is 2.28. The molecule has 3 N–H and O–H groups in total. The first-order chi connectivity index (χ1) is 11.0. The zero-order chi connectivity index (χ0) is 16.8. The number of hydrogen-bond donors (Lipinski definition) is 2. The van der Waals surface area contributed by atoms with Gasteiger partial charge in [0, 0.05) is 0 Å². The van der Waals surface area contributed by atoms with Crippen LogP contribution in [0, 0.1) is 6.92 Å². The highest BCUT2D eigenvalue weighted by Gasteiger charge is 2.09. The van der Waals surface area contributed by atoms with Crippen molar-refractivity contribution in [2.24, 2.45) is 0 Å². The van der Waals surface area contributed by atoms with Crippen molar-refractivity contribution in [2.45, 2.75) is 25.0 Å². The highest BCUT2D eigenvalue weighted by Crippen LogP contribution is 2.23. The average Bonchev–Trinajstić information content (AvgIpc) is 2.52. The average molecular weight is 335 g/mol. The number of ether oxygens (including phenoxy) is 2. The van der Waals surface area contributed by atoms with Crippen LogP contribution in [-0.4, -0.2) is 41.0 Å². The Hall–Kier alpha value is -2.22. The molecule has 7 nitrogen and oxygen atoms in total. The van der Waals surface area contributed by atoms with Crippen LogP contribution in [0.5, 0.6) is 11.5 Å². The van der Waals surface area contributed by atoms with Gasteiger partial charge < -0.3 is 20.5 Å². The van der Waals surface area contributed by atoms with Gasteiger partial charge in [-0.3, -0.25) is 0 Å². The summed E-state index contributed by atoms with van der Waals surface area (Å²) >= 11 is 1.41. The SMILES string of the molecule is COc1ccc(OCC(C)Nc2nc(N)nc(SC)n2)c(C)c1. The first-order valence-corrected chi connectivity index (χ1v) is 8.33. The summed E-state index contributed by atoms with van der Waals surface area (Å²) in [6, 6.07) is 5.71. The zero-order valence-electron chi connectivity index (χ0n) is 13.7. The van der Waals surface area contributed by atoms with Gasteiger partial charge in [0.25, 0.3) is 0 Å². The topological polar surface area (TPSA) is 95.2 Å². The van der Waals surface area contributed by atoms with Crippen molar-refractivity contribution in [2.75, 3.05) is 31.0 Å². The van der Waals surface area contributed by atoms with Gasteiger partial charge in [-0.2, -0.15) is 15.0 Å². The number of benzene rings is 1. The number of anilines is 2. The summed E-state index contributed by atoms with van der Waals surface area (Å²) in [4.78, 5) is 12.4. The molecule has 1 aromatic carbocycles. The summed E-state index contributed by atoms with van der Waals surface area (Å²) in [6.45, 7) is 4.43. The van der Waals surface area contributed by atoms with E-state index >= 15 is 0 Å². The lowest BCUT2D eigenvalue weighted by molar-refractivity contribution is 0.300. The second-order valence-electron chi connectivity index (χ2n) is 4.99. The second kappa shape index (κ2) is 7.87. The Morgan fingerprint density at radius 2 is 2.09 bits per heavy atom. The van der Waals surface area contributed by atoms with Crippen LogP contribution in [0.3, 0.4) is 0 Å².